The monoisotopic (exact) mass is 281 g/mol. The maximum atomic E-state index is 11.9. The maximum Gasteiger partial charge on any atom is 0.307 e. The van der Waals surface area contributed by atoms with Gasteiger partial charge in [-0.15, -0.1) is 0 Å². The molecule has 110 valence electrons. The van der Waals surface area contributed by atoms with Gasteiger partial charge in [0.2, 0.25) is 5.91 Å². The Hall–Kier alpha value is -2.08. The van der Waals surface area contributed by atoms with Crippen molar-refractivity contribution in [1.29, 1.82) is 0 Å². The van der Waals surface area contributed by atoms with E-state index < -0.39 is 0 Å². The number of carbonyl (C=O) groups is 2. The number of amides is 1. The quantitative estimate of drug-likeness (QED) is 0.569. The van der Waals surface area contributed by atoms with Gasteiger partial charge in [0, 0.05) is 19.2 Å². The molecule has 0 saturated heterocycles. The van der Waals surface area contributed by atoms with E-state index in [0.717, 1.165) is 0 Å². The molecule has 0 bridgehead atoms. The topological polar surface area (TPSA) is 80.0 Å². The molecule has 0 aliphatic heterocycles. The van der Waals surface area contributed by atoms with Gasteiger partial charge in [-0.2, -0.15) is 0 Å². The van der Waals surface area contributed by atoms with Gasteiger partial charge in [0.05, 0.1) is 25.9 Å². The Kier molecular flexibility index (Phi) is 7.13. The van der Waals surface area contributed by atoms with Gasteiger partial charge in [-0.05, 0) is 25.1 Å². The summed E-state index contributed by atoms with van der Waals surface area (Å²) in [6.07, 6.45) is 4.50. The zero-order valence-corrected chi connectivity index (χ0v) is 11.4. The molecule has 6 heteroatoms. The molecule has 6 nitrogen and oxygen atoms in total. The predicted molar refractivity (Wildman–Crippen MR) is 72.7 cm³/mol. The fraction of sp³-hybridized carbons (Fsp3) is 0.429. The SMILES string of the molecule is CCOC(=O)CCN(CCO)C(=O)/C=C/c1ccco1. The molecule has 1 aromatic rings. The van der Waals surface area contributed by atoms with Crippen molar-refractivity contribution in [2.45, 2.75) is 13.3 Å². The Bertz CT molecular complexity index is 438. The average molecular weight is 281 g/mol. The number of rotatable bonds is 8. The summed E-state index contributed by atoms with van der Waals surface area (Å²) in [5.41, 5.74) is 0. The lowest BCUT2D eigenvalue weighted by atomic mass is 10.3. The van der Waals surface area contributed by atoms with Crippen molar-refractivity contribution in [2.24, 2.45) is 0 Å². The van der Waals surface area contributed by atoms with Crippen LogP contribution in [0.2, 0.25) is 0 Å². The van der Waals surface area contributed by atoms with Gasteiger partial charge >= 0.3 is 5.97 Å². The third-order valence-corrected chi connectivity index (χ3v) is 2.51. The summed E-state index contributed by atoms with van der Waals surface area (Å²) >= 11 is 0. The number of esters is 1. The molecule has 20 heavy (non-hydrogen) atoms. The maximum absolute atomic E-state index is 11.9. The lowest BCUT2D eigenvalue weighted by molar-refractivity contribution is -0.143. The molecule has 0 aliphatic rings. The first-order chi connectivity index (χ1) is 9.67. The van der Waals surface area contributed by atoms with Crippen LogP contribution in [-0.4, -0.2) is 48.2 Å². The van der Waals surface area contributed by atoms with Gasteiger partial charge in [0.15, 0.2) is 0 Å². The van der Waals surface area contributed by atoms with E-state index in [9.17, 15) is 9.59 Å². The third kappa shape index (κ3) is 5.71. The minimum absolute atomic E-state index is 0.105. The van der Waals surface area contributed by atoms with Crippen LogP contribution in [0.15, 0.2) is 28.9 Å². The number of aliphatic hydroxyl groups excluding tert-OH is 1. The van der Waals surface area contributed by atoms with Crippen LogP contribution in [0.1, 0.15) is 19.1 Å². The van der Waals surface area contributed by atoms with Crippen LogP contribution in [0, 0.1) is 0 Å². The Balaban J connectivity index is 2.51. The highest BCUT2D eigenvalue weighted by Gasteiger charge is 2.12. The molecule has 0 aliphatic carbocycles. The van der Waals surface area contributed by atoms with Crippen LogP contribution < -0.4 is 0 Å². The average Bonchev–Trinajstić information content (AvgIpc) is 2.94. The molecule has 0 unspecified atom stereocenters. The molecule has 0 fully saturated rings. The van der Waals surface area contributed by atoms with Crippen LogP contribution in [0.4, 0.5) is 0 Å². The van der Waals surface area contributed by atoms with Gasteiger partial charge in [-0.1, -0.05) is 0 Å². The van der Waals surface area contributed by atoms with Crippen molar-refractivity contribution in [2.75, 3.05) is 26.3 Å². The zero-order chi connectivity index (χ0) is 14.8. The molecule has 1 N–H and O–H groups in total. The van der Waals surface area contributed by atoms with E-state index in [1.807, 2.05) is 0 Å². The minimum Gasteiger partial charge on any atom is -0.466 e. The third-order valence-electron chi connectivity index (χ3n) is 2.51. The summed E-state index contributed by atoms with van der Waals surface area (Å²) in [7, 11) is 0. The molecule has 0 atom stereocenters. The van der Waals surface area contributed by atoms with E-state index >= 15 is 0 Å². The molecule has 0 aromatic carbocycles. The molecular weight excluding hydrogens is 262 g/mol. The molecule has 0 saturated carbocycles. The van der Waals surface area contributed by atoms with Gasteiger partial charge in [0.1, 0.15) is 5.76 Å². The van der Waals surface area contributed by atoms with Gasteiger partial charge in [0.25, 0.3) is 0 Å². The van der Waals surface area contributed by atoms with Crippen molar-refractivity contribution < 1.29 is 23.8 Å². The number of furan rings is 1. The van der Waals surface area contributed by atoms with Crippen LogP contribution in [0.5, 0.6) is 0 Å². The van der Waals surface area contributed by atoms with Crippen LogP contribution >= 0.6 is 0 Å². The summed E-state index contributed by atoms with van der Waals surface area (Å²) in [5, 5.41) is 8.95. The van der Waals surface area contributed by atoms with E-state index in [4.69, 9.17) is 14.3 Å². The molecule has 1 amide bonds. The van der Waals surface area contributed by atoms with Gasteiger partial charge < -0.3 is 19.2 Å². The number of hydrogen-bond acceptors (Lipinski definition) is 5. The number of ether oxygens (including phenoxy) is 1. The lowest BCUT2D eigenvalue weighted by Crippen LogP contribution is -2.34. The summed E-state index contributed by atoms with van der Waals surface area (Å²) in [5.74, 6) is -0.0920. The van der Waals surface area contributed by atoms with E-state index in [1.54, 1.807) is 19.1 Å². The second kappa shape index (κ2) is 8.92. The summed E-state index contributed by atoms with van der Waals surface area (Å²) in [6, 6.07) is 3.44. The number of aliphatic hydroxyl groups is 1. The molecule has 0 spiro atoms. The van der Waals surface area contributed by atoms with E-state index in [1.165, 1.54) is 23.3 Å². The number of nitrogens with zero attached hydrogens (tertiary/aromatic N) is 1. The Morgan fingerprint density at radius 2 is 2.25 bits per heavy atom. The highest BCUT2D eigenvalue weighted by molar-refractivity contribution is 5.91. The fourth-order valence-electron chi connectivity index (χ4n) is 1.56. The molecular formula is C14H19NO5. The summed E-state index contributed by atoms with van der Waals surface area (Å²) in [6.45, 7) is 2.25. The Morgan fingerprint density at radius 3 is 2.85 bits per heavy atom. The number of hydrogen-bond donors (Lipinski definition) is 1. The number of carbonyl (C=O) groups excluding carboxylic acids is 2. The largest absolute Gasteiger partial charge is 0.466 e. The van der Waals surface area contributed by atoms with Crippen LogP contribution in [-0.2, 0) is 14.3 Å². The first-order valence-corrected chi connectivity index (χ1v) is 6.44. The van der Waals surface area contributed by atoms with Gasteiger partial charge in [-0.3, -0.25) is 9.59 Å². The fourth-order valence-corrected chi connectivity index (χ4v) is 1.56. The first-order valence-electron chi connectivity index (χ1n) is 6.44. The highest BCUT2D eigenvalue weighted by atomic mass is 16.5. The minimum atomic E-state index is -0.363. The van der Waals surface area contributed by atoms with Gasteiger partial charge in [-0.25, -0.2) is 0 Å². The zero-order valence-electron chi connectivity index (χ0n) is 11.4. The first kappa shape index (κ1) is 16.0. The molecule has 1 aromatic heterocycles. The lowest BCUT2D eigenvalue weighted by Gasteiger charge is -2.19. The standard InChI is InChI=1S/C14H19NO5/c1-2-19-14(18)7-8-15(9-10-16)13(17)6-5-12-4-3-11-20-12/h3-6,11,16H,2,7-10H2,1H3/b6-5+. The highest BCUT2D eigenvalue weighted by Crippen LogP contribution is 2.04. The van der Waals surface area contributed by atoms with Crippen molar-refractivity contribution in [3.8, 4) is 0 Å². The van der Waals surface area contributed by atoms with Crippen molar-refractivity contribution >= 4 is 18.0 Å². The van der Waals surface area contributed by atoms with Crippen molar-refractivity contribution in [3.63, 3.8) is 0 Å². The predicted octanol–water partition coefficient (Wildman–Crippen LogP) is 1.07. The summed E-state index contributed by atoms with van der Waals surface area (Å²) in [4.78, 5) is 24.6. The normalized spacial score (nSPS) is 10.7. The van der Waals surface area contributed by atoms with Crippen molar-refractivity contribution in [3.05, 3.63) is 30.2 Å². The molecule has 0 radical (unpaired) electrons. The van der Waals surface area contributed by atoms with Crippen LogP contribution in [0.25, 0.3) is 6.08 Å². The van der Waals surface area contributed by atoms with E-state index in [2.05, 4.69) is 0 Å². The molecule has 1 rings (SSSR count). The van der Waals surface area contributed by atoms with E-state index in [-0.39, 0.29) is 38.0 Å². The Morgan fingerprint density at radius 1 is 1.45 bits per heavy atom. The van der Waals surface area contributed by atoms with E-state index in [0.29, 0.717) is 12.4 Å². The van der Waals surface area contributed by atoms with Crippen LogP contribution in [0.3, 0.4) is 0 Å². The second-order valence-corrected chi connectivity index (χ2v) is 3.95. The Labute approximate surface area is 117 Å². The summed E-state index contributed by atoms with van der Waals surface area (Å²) < 4.78 is 9.87. The second-order valence-electron chi connectivity index (χ2n) is 3.95. The van der Waals surface area contributed by atoms with Crippen molar-refractivity contribution in [1.82, 2.24) is 4.90 Å². The smallest absolute Gasteiger partial charge is 0.307 e. The molecule has 1 heterocycles.